The number of likely N-dealkylation sites (tertiary alicyclic amines) is 1. The van der Waals surface area contributed by atoms with Crippen LogP contribution in [0.4, 0.5) is 0 Å². The standard InChI is InChI=1S/C14H20N2O3S/c1-10(17)16-5-3-11(7-16)13(18)15-9-14(2,19)12-4-6-20-8-12/h4,6,8,11,19H,3,5,7,9H2,1-2H3,(H,15,18). The minimum atomic E-state index is -1.06. The fourth-order valence-electron chi connectivity index (χ4n) is 2.34. The van der Waals surface area contributed by atoms with Gasteiger partial charge in [0.2, 0.25) is 11.8 Å². The monoisotopic (exact) mass is 296 g/mol. The van der Waals surface area contributed by atoms with Crippen molar-refractivity contribution in [3.05, 3.63) is 22.4 Å². The highest BCUT2D eigenvalue weighted by Gasteiger charge is 2.31. The van der Waals surface area contributed by atoms with Crippen LogP contribution >= 0.6 is 11.3 Å². The molecule has 2 atom stereocenters. The molecule has 2 heterocycles. The van der Waals surface area contributed by atoms with Crippen molar-refractivity contribution in [2.45, 2.75) is 25.9 Å². The summed E-state index contributed by atoms with van der Waals surface area (Å²) in [6.45, 7) is 4.49. The summed E-state index contributed by atoms with van der Waals surface area (Å²) < 4.78 is 0. The molecule has 0 saturated carbocycles. The molecule has 2 amide bonds. The molecule has 1 fully saturated rings. The SMILES string of the molecule is CC(=O)N1CCC(C(=O)NCC(C)(O)c2ccsc2)C1. The van der Waals surface area contributed by atoms with Crippen LogP contribution in [0.2, 0.25) is 0 Å². The van der Waals surface area contributed by atoms with Crippen LogP contribution in [0.5, 0.6) is 0 Å². The van der Waals surface area contributed by atoms with Gasteiger partial charge in [-0.25, -0.2) is 0 Å². The smallest absolute Gasteiger partial charge is 0.225 e. The molecule has 5 nitrogen and oxygen atoms in total. The Bertz CT molecular complexity index is 485. The van der Waals surface area contributed by atoms with Gasteiger partial charge in [-0.3, -0.25) is 9.59 Å². The van der Waals surface area contributed by atoms with Crippen LogP contribution in [0.3, 0.4) is 0 Å². The third-order valence-electron chi connectivity index (χ3n) is 3.75. The summed E-state index contributed by atoms with van der Waals surface area (Å²) in [7, 11) is 0. The van der Waals surface area contributed by atoms with Crippen molar-refractivity contribution < 1.29 is 14.7 Å². The molecule has 0 spiro atoms. The summed E-state index contributed by atoms with van der Waals surface area (Å²) in [5.74, 6) is -0.257. The molecule has 2 rings (SSSR count). The topological polar surface area (TPSA) is 69.6 Å². The maximum Gasteiger partial charge on any atom is 0.225 e. The average molecular weight is 296 g/mol. The molecule has 0 aromatic carbocycles. The zero-order valence-corrected chi connectivity index (χ0v) is 12.6. The highest BCUT2D eigenvalue weighted by Crippen LogP contribution is 2.23. The first-order chi connectivity index (χ1) is 9.40. The molecular formula is C14H20N2O3S. The summed E-state index contributed by atoms with van der Waals surface area (Å²) in [6, 6.07) is 1.85. The molecule has 0 bridgehead atoms. The van der Waals surface area contributed by atoms with Gasteiger partial charge < -0.3 is 15.3 Å². The van der Waals surface area contributed by atoms with Gasteiger partial charge in [0, 0.05) is 20.0 Å². The van der Waals surface area contributed by atoms with Crippen LogP contribution in [0.25, 0.3) is 0 Å². The van der Waals surface area contributed by atoms with Gasteiger partial charge in [-0.2, -0.15) is 11.3 Å². The first-order valence-electron chi connectivity index (χ1n) is 6.68. The van der Waals surface area contributed by atoms with E-state index in [1.807, 2.05) is 16.8 Å². The molecule has 1 aliphatic heterocycles. The van der Waals surface area contributed by atoms with E-state index in [1.54, 1.807) is 11.8 Å². The Morgan fingerprint density at radius 1 is 1.60 bits per heavy atom. The van der Waals surface area contributed by atoms with E-state index in [2.05, 4.69) is 5.32 Å². The molecule has 6 heteroatoms. The zero-order valence-electron chi connectivity index (χ0n) is 11.8. The molecule has 2 N–H and O–H groups in total. The Kier molecular flexibility index (Phi) is 4.45. The van der Waals surface area contributed by atoms with Crippen LogP contribution in [0.15, 0.2) is 16.8 Å². The second kappa shape index (κ2) is 5.93. The fourth-order valence-corrected chi connectivity index (χ4v) is 3.12. The second-order valence-corrected chi connectivity index (χ2v) is 6.23. The number of hydrogen-bond donors (Lipinski definition) is 2. The number of carbonyl (C=O) groups is 2. The van der Waals surface area contributed by atoms with Crippen molar-refractivity contribution in [3.63, 3.8) is 0 Å². The minimum absolute atomic E-state index is 0.00516. The Morgan fingerprint density at radius 2 is 2.35 bits per heavy atom. The minimum Gasteiger partial charge on any atom is -0.384 e. The third kappa shape index (κ3) is 3.37. The van der Waals surface area contributed by atoms with Crippen LogP contribution < -0.4 is 5.32 Å². The van der Waals surface area contributed by atoms with Gasteiger partial charge in [0.15, 0.2) is 0 Å². The maximum absolute atomic E-state index is 12.1. The lowest BCUT2D eigenvalue weighted by molar-refractivity contribution is -0.129. The van der Waals surface area contributed by atoms with Gasteiger partial charge in [-0.15, -0.1) is 0 Å². The molecule has 1 aromatic rings. The van der Waals surface area contributed by atoms with Crippen molar-refractivity contribution in [3.8, 4) is 0 Å². The van der Waals surface area contributed by atoms with E-state index in [0.29, 0.717) is 19.5 Å². The number of thiophene rings is 1. The fraction of sp³-hybridized carbons (Fsp3) is 0.571. The van der Waals surface area contributed by atoms with Crippen LogP contribution in [0, 0.1) is 5.92 Å². The number of rotatable bonds is 4. The predicted octanol–water partition coefficient (Wildman–Crippen LogP) is 0.940. The number of carbonyl (C=O) groups excluding carboxylic acids is 2. The summed E-state index contributed by atoms with van der Waals surface area (Å²) in [4.78, 5) is 25.0. The quantitative estimate of drug-likeness (QED) is 0.869. The van der Waals surface area contributed by atoms with Crippen molar-refractivity contribution in [2.75, 3.05) is 19.6 Å². The second-order valence-electron chi connectivity index (χ2n) is 5.45. The molecule has 20 heavy (non-hydrogen) atoms. The van der Waals surface area contributed by atoms with E-state index >= 15 is 0 Å². The van der Waals surface area contributed by atoms with E-state index in [-0.39, 0.29) is 24.3 Å². The first-order valence-corrected chi connectivity index (χ1v) is 7.63. The number of nitrogens with one attached hydrogen (secondary N) is 1. The highest BCUT2D eigenvalue weighted by molar-refractivity contribution is 7.08. The molecular weight excluding hydrogens is 276 g/mol. The van der Waals surface area contributed by atoms with Gasteiger partial charge in [0.05, 0.1) is 12.5 Å². The number of hydrogen-bond acceptors (Lipinski definition) is 4. The van der Waals surface area contributed by atoms with Crippen LogP contribution in [-0.2, 0) is 15.2 Å². The number of amides is 2. The zero-order chi connectivity index (χ0) is 14.8. The lowest BCUT2D eigenvalue weighted by atomic mass is 9.99. The van der Waals surface area contributed by atoms with E-state index in [0.717, 1.165) is 5.56 Å². The van der Waals surface area contributed by atoms with Crippen molar-refractivity contribution in [1.82, 2.24) is 10.2 Å². The lowest BCUT2D eigenvalue weighted by Crippen LogP contribution is -2.41. The number of nitrogens with zero attached hydrogens (tertiary/aromatic N) is 1. The first kappa shape index (κ1) is 15.0. The summed E-state index contributed by atoms with van der Waals surface area (Å²) >= 11 is 1.51. The summed E-state index contributed by atoms with van der Waals surface area (Å²) in [6.07, 6.45) is 0.687. The van der Waals surface area contributed by atoms with Crippen LogP contribution in [-0.4, -0.2) is 41.5 Å². The van der Waals surface area contributed by atoms with Crippen molar-refractivity contribution in [1.29, 1.82) is 0 Å². The lowest BCUT2D eigenvalue weighted by Gasteiger charge is -2.23. The van der Waals surface area contributed by atoms with Gasteiger partial charge in [-0.05, 0) is 35.7 Å². The van der Waals surface area contributed by atoms with Gasteiger partial charge >= 0.3 is 0 Å². The highest BCUT2D eigenvalue weighted by atomic mass is 32.1. The van der Waals surface area contributed by atoms with Gasteiger partial charge in [0.25, 0.3) is 0 Å². The van der Waals surface area contributed by atoms with Gasteiger partial charge in [-0.1, -0.05) is 0 Å². The normalized spacial score (nSPS) is 21.6. The Labute approximate surface area is 122 Å². The Hall–Kier alpha value is -1.40. The predicted molar refractivity (Wildman–Crippen MR) is 77.3 cm³/mol. The van der Waals surface area contributed by atoms with Crippen molar-refractivity contribution >= 4 is 23.2 Å². The van der Waals surface area contributed by atoms with E-state index in [1.165, 1.54) is 18.3 Å². The third-order valence-corrected chi connectivity index (χ3v) is 4.44. The maximum atomic E-state index is 12.1. The Balaban J connectivity index is 1.85. The molecule has 110 valence electrons. The molecule has 1 aliphatic rings. The summed E-state index contributed by atoms with van der Waals surface area (Å²) in [5, 5.41) is 16.9. The molecule has 0 radical (unpaired) electrons. The largest absolute Gasteiger partial charge is 0.384 e. The molecule has 1 aromatic heterocycles. The molecule has 1 saturated heterocycles. The van der Waals surface area contributed by atoms with Crippen molar-refractivity contribution in [2.24, 2.45) is 5.92 Å². The van der Waals surface area contributed by atoms with Crippen LogP contribution in [0.1, 0.15) is 25.8 Å². The Morgan fingerprint density at radius 3 is 2.90 bits per heavy atom. The average Bonchev–Trinajstić information content (AvgIpc) is 3.06. The number of aliphatic hydroxyl groups is 1. The van der Waals surface area contributed by atoms with E-state index in [4.69, 9.17) is 0 Å². The van der Waals surface area contributed by atoms with E-state index in [9.17, 15) is 14.7 Å². The molecule has 0 aliphatic carbocycles. The molecule has 2 unspecified atom stereocenters. The van der Waals surface area contributed by atoms with Gasteiger partial charge in [0.1, 0.15) is 5.60 Å². The summed E-state index contributed by atoms with van der Waals surface area (Å²) in [5.41, 5.74) is -0.256. The van der Waals surface area contributed by atoms with E-state index < -0.39 is 5.60 Å².